The quantitative estimate of drug-likeness (QED) is 0.0359. The van der Waals surface area contributed by atoms with E-state index in [9.17, 15) is 132 Å². The molecule has 20 N–H and O–H groups in total. The zero-order valence-electron chi connectivity index (χ0n) is 47.1. The summed E-state index contributed by atoms with van der Waals surface area (Å²) in [5.41, 5.74) is -8.46. The van der Waals surface area contributed by atoms with Crippen molar-refractivity contribution in [3.63, 3.8) is 0 Å². The summed E-state index contributed by atoms with van der Waals surface area (Å²) < 4.78 is 144. The minimum Gasteiger partial charge on any atom is -0.507 e. The van der Waals surface area contributed by atoms with Crippen LogP contribution in [0, 0.1) is 0 Å². The van der Waals surface area contributed by atoms with Crippen molar-refractivity contribution in [1.82, 2.24) is 21.3 Å². The van der Waals surface area contributed by atoms with Gasteiger partial charge in [0.15, 0.2) is 0 Å². The van der Waals surface area contributed by atoms with Gasteiger partial charge >= 0.3 is 23.9 Å². The average molecular weight is 1330 g/mol. The molecule has 488 valence electrons. The van der Waals surface area contributed by atoms with Gasteiger partial charge in [0, 0.05) is 94.4 Å². The molecule has 1 aliphatic carbocycles. The topological polar surface area (TPSA) is 577 Å². The summed E-state index contributed by atoms with van der Waals surface area (Å²) >= 11 is 0. The van der Waals surface area contributed by atoms with Gasteiger partial charge in [-0.1, -0.05) is 0 Å². The van der Waals surface area contributed by atoms with Crippen molar-refractivity contribution < 1.29 is 132 Å². The highest BCUT2D eigenvalue weighted by molar-refractivity contribution is 7.86. The number of nitrogens with one attached hydrogen (secondary N) is 4. The molecule has 4 aromatic rings. The first-order chi connectivity index (χ1) is 40.5. The number of aromatic hydroxyl groups is 8. The van der Waals surface area contributed by atoms with Gasteiger partial charge in [-0.05, 0) is 77.6 Å². The molecule has 0 spiro atoms. The second-order valence-electron chi connectivity index (χ2n) is 21.2. The highest BCUT2D eigenvalue weighted by Crippen LogP contribution is 2.55. The molecule has 0 saturated carbocycles. The van der Waals surface area contributed by atoms with Crippen LogP contribution in [0.4, 0.5) is 0 Å². The molecule has 0 saturated heterocycles. The third-order valence-electron chi connectivity index (χ3n) is 15.2. The third-order valence-corrected chi connectivity index (χ3v) is 18.2. The molecule has 4 atom stereocenters. The Morgan fingerprint density at radius 1 is 0.330 bits per heavy atom. The molecule has 0 amide bonds. The molecule has 1 aliphatic rings. The number of carboxylic acids is 4. The molecule has 0 radical (unpaired) electrons. The molecule has 88 heavy (non-hydrogen) atoms. The van der Waals surface area contributed by atoms with Crippen molar-refractivity contribution in [3.8, 4) is 46.0 Å². The van der Waals surface area contributed by atoms with E-state index < -0.39 is 300 Å². The van der Waals surface area contributed by atoms with Gasteiger partial charge in [0.25, 0.3) is 40.5 Å². The molecule has 8 bridgehead atoms. The fraction of sp³-hybridized carbons (Fsp3) is 0.462. The average Bonchev–Trinajstić information content (AvgIpc) is 0.814. The molecule has 0 aromatic heterocycles. The first kappa shape index (κ1) is 71.4. The van der Waals surface area contributed by atoms with Gasteiger partial charge in [0.2, 0.25) is 0 Å². The van der Waals surface area contributed by atoms with E-state index in [0.29, 0.717) is 0 Å². The molecular formula is C52H68N4O28S4. The van der Waals surface area contributed by atoms with Crippen molar-refractivity contribution in [3.05, 3.63) is 91.0 Å². The molecule has 0 aliphatic heterocycles. The first-order valence-electron chi connectivity index (χ1n) is 26.4. The van der Waals surface area contributed by atoms with Gasteiger partial charge in [-0.15, -0.1) is 0 Å². The van der Waals surface area contributed by atoms with Gasteiger partial charge in [-0.25, -0.2) is 0 Å². The monoisotopic (exact) mass is 1320 g/mol. The Labute approximate surface area is 503 Å². The highest BCUT2D eigenvalue weighted by Gasteiger charge is 2.39. The molecule has 36 heteroatoms. The Morgan fingerprint density at radius 3 is 0.580 bits per heavy atom. The molecule has 32 nitrogen and oxygen atoms in total. The van der Waals surface area contributed by atoms with Crippen LogP contribution in [0.1, 0.15) is 144 Å². The largest absolute Gasteiger partial charge is 0.507 e. The lowest BCUT2D eigenvalue weighted by molar-refractivity contribution is -0.140. The van der Waals surface area contributed by atoms with E-state index in [4.69, 9.17) is 0 Å². The number of hydrogen-bond donors (Lipinski definition) is 20. The molecular weight excluding hydrogens is 1260 g/mol. The van der Waals surface area contributed by atoms with Crippen LogP contribution in [-0.4, -0.2) is 184 Å². The number of hydrogen-bond acceptors (Lipinski definition) is 24. The van der Waals surface area contributed by atoms with E-state index in [2.05, 4.69) is 21.3 Å². The lowest BCUT2D eigenvalue weighted by Crippen LogP contribution is -2.33. The molecule has 5 rings (SSSR count). The van der Waals surface area contributed by atoms with Crippen molar-refractivity contribution in [2.75, 3.05) is 23.0 Å². The molecule has 0 fully saturated rings. The van der Waals surface area contributed by atoms with E-state index in [0.717, 1.165) is 52.0 Å². The standard InChI is InChI=1S/C52H68N4O28S4/c1-21(49(65)66)53-17-37-41(57)29-13-30(42(37)58)26(6-10-86(76,77)78)32-15-34(46(62)39(44(32)60)19-55-23(3)51(69)70)28(8-12-88(82,83)84)36-16-35(47(63)40(48(36)64)20-56-24(4)52(71)72)27(7-11-87(79,80)81)33-14-31(25(29)5-9-85(73,74)75)43(59)38(45(33)61)18-54-22(2)50(67)68/h13-16,21-28,53-64H,5-12,17-20H2,1-4H3,(H,65,66)(H,67,68)(H,69,70)(H,71,72)(H,73,74,75)(H,76,77,78)(H,79,80,81)(H,82,83,84). The van der Waals surface area contributed by atoms with Crippen molar-refractivity contribution in [2.24, 2.45) is 0 Å². The number of rotatable bonds is 28. The highest BCUT2D eigenvalue weighted by atomic mass is 32.2. The van der Waals surface area contributed by atoms with Crippen molar-refractivity contribution >= 4 is 64.3 Å². The molecule has 4 unspecified atom stereocenters. The summed E-state index contributed by atoms with van der Waals surface area (Å²) in [6, 6.07) is -2.94. The minimum atomic E-state index is -5.19. The zero-order chi connectivity index (χ0) is 66.6. The Kier molecular flexibility index (Phi) is 22.7. The zero-order valence-corrected chi connectivity index (χ0v) is 50.4. The fourth-order valence-corrected chi connectivity index (χ4v) is 12.3. The maximum atomic E-state index is 12.8. The number of aliphatic carboxylic acids is 4. The van der Waals surface area contributed by atoms with Crippen LogP contribution >= 0.6 is 0 Å². The smallest absolute Gasteiger partial charge is 0.320 e. The predicted molar refractivity (Wildman–Crippen MR) is 306 cm³/mol. The Morgan fingerprint density at radius 2 is 0.466 bits per heavy atom. The third kappa shape index (κ3) is 17.5. The van der Waals surface area contributed by atoms with Crippen LogP contribution in [0.25, 0.3) is 0 Å². The van der Waals surface area contributed by atoms with Crippen molar-refractivity contribution in [2.45, 2.75) is 127 Å². The number of phenolic OH excluding ortho intramolecular Hbond substituents is 8. The second-order valence-corrected chi connectivity index (χ2v) is 27.5. The maximum absolute atomic E-state index is 12.8. The van der Waals surface area contributed by atoms with Gasteiger partial charge in [-0.2, -0.15) is 33.7 Å². The van der Waals surface area contributed by atoms with E-state index in [1.165, 1.54) is 0 Å². The molecule has 4 aromatic carbocycles. The predicted octanol–water partition coefficient (Wildman–Crippen LogP) is 1.53. The maximum Gasteiger partial charge on any atom is 0.320 e. The normalized spacial score (nSPS) is 17.8. The lowest BCUT2D eigenvalue weighted by Gasteiger charge is -2.32. The summed E-state index contributed by atoms with van der Waals surface area (Å²) in [6.07, 6.45) is -4.09. The Hall–Kier alpha value is -7.36. The van der Waals surface area contributed by atoms with Gasteiger partial charge in [0.1, 0.15) is 70.2 Å². The van der Waals surface area contributed by atoms with Crippen LogP contribution in [0.15, 0.2) is 24.3 Å². The lowest BCUT2D eigenvalue weighted by atomic mass is 9.75. The van der Waals surface area contributed by atoms with E-state index in [1.54, 1.807) is 0 Å². The number of carboxylic acid groups (broad SMARTS) is 4. The van der Waals surface area contributed by atoms with Crippen LogP contribution in [0.3, 0.4) is 0 Å². The minimum absolute atomic E-state index is 0.684. The fourth-order valence-electron chi connectivity index (χ4n) is 10.2. The Bertz CT molecular complexity index is 3240. The number of benzene rings is 4. The number of carbonyl (C=O) groups is 4. The number of fused-ring (bicyclic) bond motifs is 8. The Balaban J connectivity index is 2.29. The van der Waals surface area contributed by atoms with Crippen LogP contribution < -0.4 is 21.3 Å². The van der Waals surface area contributed by atoms with E-state index in [1.807, 2.05) is 0 Å². The second kappa shape index (κ2) is 28.0. The number of phenols is 8. The summed E-state index contributed by atoms with van der Waals surface area (Å²) in [7, 11) is -20.8. The van der Waals surface area contributed by atoms with Gasteiger partial charge < -0.3 is 82.5 Å². The van der Waals surface area contributed by atoms with Gasteiger partial charge in [0.05, 0.1) is 45.3 Å². The van der Waals surface area contributed by atoms with Gasteiger partial charge in [-0.3, -0.25) is 37.4 Å². The van der Waals surface area contributed by atoms with Crippen LogP contribution in [0.5, 0.6) is 46.0 Å². The summed E-state index contributed by atoms with van der Waals surface area (Å²) in [5, 5.41) is 150. The van der Waals surface area contributed by atoms with Crippen LogP contribution in [0.2, 0.25) is 0 Å². The van der Waals surface area contributed by atoms with Crippen molar-refractivity contribution in [1.29, 1.82) is 0 Å². The van der Waals surface area contributed by atoms with E-state index >= 15 is 0 Å². The van der Waals surface area contributed by atoms with Crippen LogP contribution in [-0.2, 0) is 85.8 Å². The summed E-state index contributed by atoms with van der Waals surface area (Å²) in [6.45, 7) is 0.713. The first-order valence-corrected chi connectivity index (χ1v) is 32.9. The summed E-state index contributed by atoms with van der Waals surface area (Å²) in [5.74, 6) is -28.5. The summed E-state index contributed by atoms with van der Waals surface area (Å²) in [4.78, 5) is 48.7. The molecule has 0 heterocycles. The van der Waals surface area contributed by atoms with E-state index in [-0.39, 0.29) is 0 Å². The SMILES string of the molecule is CC(NCc1c(O)c2cc(c1O)C(CCS(=O)(=O)O)c1cc(c(O)c(CNC(C)C(=O)O)c1O)C(CCS(=O)(=O)O)c1cc(c(O)c(CNC(C)C(=O)O)c1O)C(CCS(=O)(=O)O)c1cc(c(O)c(CNC(C)C(=O)O)c1O)C2CCS(=O)(=O)O)C(=O)O.